The van der Waals surface area contributed by atoms with Gasteiger partial charge in [0, 0.05) is 12.2 Å². The molecular formula is C18H17N3O. The lowest BCUT2D eigenvalue weighted by Crippen LogP contribution is -2.20. The number of allylic oxidation sites excluding steroid dienone is 6. The van der Waals surface area contributed by atoms with Crippen LogP contribution in [-0.2, 0) is 6.54 Å². The number of nitrogens with two attached hydrogens (primary N) is 1. The zero-order valence-electron chi connectivity index (χ0n) is 12.2. The molecule has 2 aromatic rings. The number of rotatable bonds is 1. The fraction of sp³-hybridized carbons (Fsp3) is 0.222. The summed E-state index contributed by atoms with van der Waals surface area (Å²) in [7, 11) is 0. The third kappa shape index (κ3) is 2.08. The average molecular weight is 291 g/mol. The first-order valence-corrected chi connectivity index (χ1v) is 7.60. The van der Waals surface area contributed by atoms with Gasteiger partial charge in [-0.2, -0.15) is 0 Å². The van der Waals surface area contributed by atoms with Crippen LogP contribution in [0.4, 0.5) is 5.69 Å². The first kappa shape index (κ1) is 13.1. The molecule has 0 saturated carbocycles. The Morgan fingerprint density at radius 2 is 2.18 bits per heavy atom. The lowest BCUT2D eigenvalue weighted by atomic mass is 10.0. The normalized spacial score (nSPS) is 18.7. The second-order valence-corrected chi connectivity index (χ2v) is 5.77. The summed E-state index contributed by atoms with van der Waals surface area (Å²) in [5.74, 6) is 0.794. The van der Waals surface area contributed by atoms with Crippen LogP contribution >= 0.6 is 0 Å². The van der Waals surface area contributed by atoms with Crippen molar-refractivity contribution in [2.24, 2.45) is 0 Å². The van der Waals surface area contributed by atoms with E-state index in [1.54, 1.807) is 16.7 Å². The van der Waals surface area contributed by atoms with Crippen LogP contribution in [0, 0.1) is 0 Å². The van der Waals surface area contributed by atoms with E-state index in [1.165, 1.54) is 5.57 Å². The number of nitrogens with zero attached hydrogens (tertiary/aromatic N) is 2. The van der Waals surface area contributed by atoms with Crippen molar-refractivity contribution in [1.82, 2.24) is 9.55 Å². The topological polar surface area (TPSA) is 60.9 Å². The van der Waals surface area contributed by atoms with Gasteiger partial charge in [-0.1, -0.05) is 18.2 Å². The van der Waals surface area contributed by atoms with E-state index in [9.17, 15) is 4.79 Å². The van der Waals surface area contributed by atoms with Crippen molar-refractivity contribution in [3.8, 4) is 0 Å². The lowest BCUT2D eigenvalue weighted by Gasteiger charge is -2.07. The fourth-order valence-corrected chi connectivity index (χ4v) is 3.11. The Balaban J connectivity index is 1.88. The number of fused-ring (bicyclic) bond motifs is 2. The maximum atomic E-state index is 12.6. The van der Waals surface area contributed by atoms with Crippen LogP contribution in [0.3, 0.4) is 0 Å². The molecule has 0 bridgehead atoms. The van der Waals surface area contributed by atoms with Gasteiger partial charge >= 0.3 is 0 Å². The highest BCUT2D eigenvalue weighted by molar-refractivity contribution is 5.83. The van der Waals surface area contributed by atoms with E-state index in [-0.39, 0.29) is 5.56 Å². The van der Waals surface area contributed by atoms with Crippen molar-refractivity contribution in [2.45, 2.75) is 25.8 Å². The molecule has 4 heteroatoms. The van der Waals surface area contributed by atoms with E-state index in [4.69, 9.17) is 10.7 Å². The highest BCUT2D eigenvalue weighted by Crippen LogP contribution is 2.28. The second-order valence-electron chi connectivity index (χ2n) is 5.77. The van der Waals surface area contributed by atoms with Crippen LogP contribution in [0.5, 0.6) is 0 Å². The number of anilines is 1. The summed E-state index contributed by atoms with van der Waals surface area (Å²) < 4.78 is 1.76. The molecule has 0 unspecified atom stereocenters. The van der Waals surface area contributed by atoms with Gasteiger partial charge in [-0.25, -0.2) is 4.98 Å². The van der Waals surface area contributed by atoms with Crippen molar-refractivity contribution in [2.75, 3.05) is 5.73 Å². The van der Waals surface area contributed by atoms with Crippen LogP contribution in [0.2, 0.25) is 0 Å². The van der Waals surface area contributed by atoms with Gasteiger partial charge in [-0.05, 0) is 54.7 Å². The second kappa shape index (κ2) is 4.98. The molecule has 0 amide bonds. The molecule has 2 heterocycles. The summed E-state index contributed by atoms with van der Waals surface area (Å²) in [6.45, 7) is 0.689. The molecule has 0 fully saturated rings. The molecular weight excluding hydrogens is 274 g/mol. The van der Waals surface area contributed by atoms with E-state index in [2.05, 4.69) is 24.3 Å². The Morgan fingerprint density at radius 1 is 1.27 bits per heavy atom. The Labute approximate surface area is 128 Å². The number of benzene rings is 1. The molecule has 1 aromatic heterocycles. The number of nitrogen functional groups attached to an aromatic ring is 1. The average Bonchev–Trinajstić information content (AvgIpc) is 2.93. The smallest absolute Gasteiger partial charge is 0.261 e. The van der Waals surface area contributed by atoms with Gasteiger partial charge < -0.3 is 5.73 Å². The summed E-state index contributed by atoms with van der Waals surface area (Å²) in [4.78, 5) is 17.3. The molecule has 1 aliphatic carbocycles. The van der Waals surface area contributed by atoms with E-state index < -0.39 is 0 Å². The quantitative estimate of drug-likeness (QED) is 0.821. The SMILES string of the molecule is Nc1ccc2nc3n(c(=O)c2c1)CCC3=CC1=CCCC=C1. The van der Waals surface area contributed by atoms with Gasteiger partial charge in [-0.15, -0.1) is 0 Å². The summed E-state index contributed by atoms with van der Waals surface area (Å²) in [6, 6.07) is 5.32. The molecule has 110 valence electrons. The van der Waals surface area contributed by atoms with Crippen LogP contribution < -0.4 is 11.3 Å². The highest BCUT2D eigenvalue weighted by atomic mass is 16.1. The van der Waals surface area contributed by atoms with E-state index >= 15 is 0 Å². The maximum absolute atomic E-state index is 12.6. The predicted molar refractivity (Wildman–Crippen MR) is 89.5 cm³/mol. The first-order chi connectivity index (χ1) is 10.7. The molecule has 2 N–H and O–H groups in total. The Bertz CT molecular complexity index is 916. The van der Waals surface area contributed by atoms with Crippen molar-refractivity contribution in [1.29, 1.82) is 0 Å². The zero-order chi connectivity index (χ0) is 15.1. The summed E-state index contributed by atoms with van der Waals surface area (Å²) in [5.41, 5.74) is 9.44. The molecule has 0 saturated heterocycles. The minimum absolute atomic E-state index is 0.00358. The van der Waals surface area contributed by atoms with Gasteiger partial charge in [0.25, 0.3) is 5.56 Å². The van der Waals surface area contributed by atoms with Crippen molar-refractivity contribution < 1.29 is 0 Å². The van der Waals surface area contributed by atoms with Crippen LogP contribution in [0.25, 0.3) is 16.5 Å². The van der Waals surface area contributed by atoms with Crippen LogP contribution in [0.15, 0.2) is 52.9 Å². The molecule has 2 aliphatic rings. The third-order valence-corrected chi connectivity index (χ3v) is 4.23. The zero-order valence-corrected chi connectivity index (χ0v) is 12.2. The van der Waals surface area contributed by atoms with Gasteiger partial charge in [-0.3, -0.25) is 9.36 Å². The Morgan fingerprint density at radius 3 is 3.00 bits per heavy atom. The fourth-order valence-electron chi connectivity index (χ4n) is 3.11. The van der Waals surface area contributed by atoms with Gasteiger partial charge in [0.2, 0.25) is 0 Å². The molecule has 4 nitrogen and oxygen atoms in total. The van der Waals surface area contributed by atoms with Crippen molar-refractivity contribution in [3.05, 3.63) is 64.3 Å². The van der Waals surface area contributed by atoms with Crippen molar-refractivity contribution >= 4 is 22.2 Å². The largest absolute Gasteiger partial charge is 0.399 e. The molecule has 4 rings (SSSR count). The Hall–Kier alpha value is -2.62. The Kier molecular flexibility index (Phi) is 2.96. The minimum Gasteiger partial charge on any atom is -0.399 e. The number of hydrogen-bond acceptors (Lipinski definition) is 3. The minimum atomic E-state index is 0.00358. The lowest BCUT2D eigenvalue weighted by molar-refractivity contribution is 0.725. The van der Waals surface area contributed by atoms with E-state index in [1.807, 2.05) is 6.07 Å². The van der Waals surface area contributed by atoms with E-state index in [0.29, 0.717) is 23.1 Å². The molecule has 0 atom stereocenters. The van der Waals surface area contributed by atoms with Crippen LogP contribution in [0.1, 0.15) is 25.1 Å². The third-order valence-electron chi connectivity index (χ3n) is 4.23. The van der Waals surface area contributed by atoms with Gasteiger partial charge in [0.05, 0.1) is 10.9 Å². The number of hydrogen-bond donors (Lipinski definition) is 1. The van der Waals surface area contributed by atoms with Gasteiger partial charge in [0.15, 0.2) is 0 Å². The van der Waals surface area contributed by atoms with Gasteiger partial charge in [0.1, 0.15) is 5.82 Å². The summed E-state index contributed by atoms with van der Waals surface area (Å²) >= 11 is 0. The molecule has 0 spiro atoms. The predicted octanol–water partition coefficient (Wildman–Crippen LogP) is 3.04. The molecule has 1 aromatic carbocycles. The molecule has 22 heavy (non-hydrogen) atoms. The van der Waals surface area contributed by atoms with Crippen molar-refractivity contribution in [3.63, 3.8) is 0 Å². The maximum Gasteiger partial charge on any atom is 0.261 e. The molecule has 0 radical (unpaired) electrons. The first-order valence-electron chi connectivity index (χ1n) is 7.60. The number of aromatic nitrogens is 2. The summed E-state index contributed by atoms with van der Waals surface area (Å²) in [6.07, 6.45) is 11.7. The van der Waals surface area contributed by atoms with Crippen LogP contribution in [-0.4, -0.2) is 9.55 Å². The standard InChI is InChI=1S/C18H17N3O/c19-14-6-7-16-15(11-14)18(22)21-9-8-13(17(21)20-16)10-12-4-2-1-3-5-12/h2,4-7,10-11H,1,3,8-9,19H2. The monoisotopic (exact) mass is 291 g/mol. The van der Waals surface area contributed by atoms with E-state index in [0.717, 1.165) is 30.7 Å². The highest BCUT2D eigenvalue weighted by Gasteiger charge is 2.21. The summed E-state index contributed by atoms with van der Waals surface area (Å²) in [5, 5.41) is 0.599. The molecule has 1 aliphatic heterocycles.